The molecular formula is C13H11N3S. The van der Waals surface area contributed by atoms with E-state index < -0.39 is 0 Å². The molecule has 0 aliphatic rings. The largest absolute Gasteiger partial charge is 0.329 e. The van der Waals surface area contributed by atoms with Gasteiger partial charge in [0.1, 0.15) is 0 Å². The number of nitrogens with zero attached hydrogens (tertiary/aromatic N) is 2. The van der Waals surface area contributed by atoms with Crippen molar-refractivity contribution in [1.82, 2.24) is 14.5 Å². The number of imidazole rings is 1. The number of para-hydroxylation sites is 1. The summed E-state index contributed by atoms with van der Waals surface area (Å²) in [5, 5.41) is 0. The van der Waals surface area contributed by atoms with E-state index in [0.717, 1.165) is 22.4 Å². The average molecular weight is 241 g/mol. The van der Waals surface area contributed by atoms with Crippen LogP contribution in [-0.2, 0) is 0 Å². The molecule has 0 fully saturated rings. The highest BCUT2D eigenvalue weighted by atomic mass is 32.1. The summed E-state index contributed by atoms with van der Waals surface area (Å²) in [5.41, 5.74) is 4.06. The Kier molecular flexibility index (Phi) is 2.30. The predicted octanol–water partition coefficient (Wildman–Crippen LogP) is 3.39. The minimum Gasteiger partial charge on any atom is -0.329 e. The molecule has 0 saturated carbocycles. The van der Waals surface area contributed by atoms with Gasteiger partial charge in [0.25, 0.3) is 0 Å². The minimum absolute atomic E-state index is 0.674. The normalized spacial score (nSPS) is 10.9. The van der Waals surface area contributed by atoms with Gasteiger partial charge in [-0.05, 0) is 42.9 Å². The van der Waals surface area contributed by atoms with Gasteiger partial charge in [0.15, 0.2) is 10.4 Å². The van der Waals surface area contributed by atoms with Crippen LogP contribution in [0, 0.1) is 11.7 Å². The smallest absolute Gasteiger partial charge is 0.184 e. The van der Waals surface area contributed by atoms with Crippen molar-refractivity contribution in [2.45, 2.75) is 6.92 Å². The number of aromatic nitrogens is 3. The first-order valence-corrected chi connectivity index (χ1v) is 5.80. The summed E-state index contributed by atoms with van der Waals surface area (Å²) in [7, 11) is 0. The number of hydrogen-bond acceptors (Lipinski definition) is 2. The SMILES string of the molecule is Cc1ccnc2c1[nH]c(=S)n2-c1ccccc1. The van der Waals surface area contributed by atoms with Gasteiger partial charge in [-0.3, -0.25) is 4.57 Å². The van der Waals surface area contributed by atoms with Crippen LogP contribution in [0.15, 0.2) is 42.6 Å². The summed E-state index contributed by atoms with van der Waals surface area (Å²) in [5.74, 6) is 0. The molecule has 4 heteroatoms. The van der Waals surface area contributed by atoms with E-state index >= 15 is 0 Å². The van der Waals surface area contributed by atoms with Crippen molar-refractivity contribution in [3.05, 3.63) is 52.9 Å². The van der Waals surface area contributed by atoms with E-state index in [9.17, 15) is 0 Å². The first-order valence-electron chi connectivity index (χ1n) is 5.39. The van der Waals surface area contributed by atoms with E-state index in [0.29, 0.717) is 4.77 Å². The fourth-order valence-electron chi connectivity index (χ4n) is 1.94. The van der Waals surface area contributed by atoms with E-state index in [-0.39, 0.29) is 0 Å². The van der Waals surface area contributed by atoms with Crippen LogP contribution in [0.4, 0.5) is 0 Å². The number of aromatic amines is 1. The molecule has 0 aliphatic heterocycles. The molecule has 0 aliphatic carbocycles. The van der Waals surface area contributed by atoms with Gasteiger partial charge < -0.3 is 4.98 Å². The molecule has 0 atom stereocenters. The molecule has 0 unspecified atom stereocenters. The molecule has 0 spiro atoms. The number of aryl methyl sites for hydroxylation is 1. The summed E-state index contributed by atoms with van der Waals surface area (Å²) in [6, 6.07) is 12.0. The zero-order valence-corrected chi connectivity index (χ0v) is 10.2. The summed E-state index contributed by atoms with van der Waals surface area (Å²) < 4.78 is 2.63. The second-order valence-electron chi connectivity index (χ2n) is 3.93. The van der Waals surface area contributed by atoms with Crippen molar-refractivity contribution < 1.29 is 0 Å². The summed E-state index contributed by atoms with van der Waals surface area (Å²) >= 11 is 5.36. The fraction of sp³-hybridized carbons (Fsp3) is 0.0769. The van der Waals surface area contributed by atoms with E-state index in [1.54, 1.807) is 6.20 Å². The lowest BCUT2D eigenvalue weighted by atomic mass is 10.2. The Labute approximate surface area is 104 Å². The number of rotatable bonds is 1. The second-order valence-corrected chi connectivity index (χ2v) is 4.31. The first-order chi connectivity index (χ1) is 8.27. The van der Waals surface area contributed by atoms with Gasteiger partial charge in [-0.2, -0.15) is 0 Å². The molecule has 0 saturated heterocycles. The number of fused-ring (bicyclic) bond motifs is 1. The van der Waals surface area contributed by atoms with E-state index in [2.05, 4.69) is 9.97 Å². The quantitative estimate of drug-likeness (QED) is 0.662. The Balaban J connectivity index is 2.42. The standard InChI is InChI=1S/C13H11N3S/c1-9-7-8-14-12-11(9)15-13(17)16(12)10-5-3-2-4-6-10/h2-8H,1H3,(H,15,17). The molecular weight excluding hydrogens is 230 g/mol. The Morgan fingerprint density at radius 1 is 1.18 bits per heavy atom. The molecule has 2 aromatic heterocycles. The Morgan fingerprint density at radius 2 is 1.94 bits per heavy atom. The van der Waals surface area contributed by atoms with Crippen LogP contribution in [0.25, 0.3) is 16.9 Å². The number of hydrogen-bond donors (Lipinski definition) is 1. The van der Waals surface area contributed by atoms with Crippen molar-refractivity contribution in [3.8, 4) is 5.69 Å². The Morgan fingerprint density at radius 3 is 2.71 bits per heavy atom. The van der Waals surface area contributed by atoms with Crippen molar-refractivity contribution in [2.24, 2.45) is 0 Å². The van der Waals surface area contributed by atoms with Crippen LogP contribution in [0.2, 0.25) is 0 Å². The topological polar surface area (TPSA) is 33.6 Å². The average Bonchev–Trinajstić information content (AvgIpc) is 2.68. The summed E-state index contributed by atoms with van der Waals surface area (Å²) in [6.07, 6.45) is 1.81. The Bertz CT molecular complexity index is 725. The molecule has 3 nitrogen and oxygen atoms in total. The first kappa shape index (κ1) is 10.2. The maximum atomic E-state index is 5.36. The van der Waals surface area contributed by atoms with Crippen LogP contribution in [0.3, 0.4) is 0 Å². The van der Waals surface area contributed by atoms with Gasteiger partial charge >= 0.3 is 0 Å². The van der Waals surface area contributed by atoms with Crippen LogP contribution < -0.4 is 0 Å². The third-order valence-corrected chi connectivity index (χ3v) is 3.09. The third kappa shape index (κ3) is 1.57. The maximum Gasteiger partial charge on any atom is 0.184 e. The molecule has 2 heterocycles. The summed E-state index contributed by atoms with van der Waals surface area (Å²) in [4.78, 5) is 7.61. The lowest BCUT2D eigenvalue weighted by Gasteiger charge is -2.03. The van der Waals surface area contributed by atoms with Gasteiger partial charge in [-0.25, -0.2) is 4.98 Å². The van der Waals surface area contributed by atoms with Crippen molar-refractivity contribution in [3.63, 3.8) is 0 Å². The van der Waals surface area contributed by atoms with Gasteiger partial charge in [0, 0.05) is 11.9 Å². The molecule has 0 radical (unpaired) electrons. The van der Waals surface area contributed by atoms with Gasteiger partial charge in [0.05, 0.1) is 5.52 Å². The minimum atomic E-state index is 0.674. The summed E-state index contributed by atoms with van der Waals surface area (Å²) in [6.45, 7) is 2.05. The fourth-order valence-corrected chi connectivity index (χ4v) is 2.24. The molecule has 3 rings (SSSR count). The van der Waals surface area contributed by atoms with E-state index in [1.165, 1.54) is 0 Å². The van der Waals surface area contributed by atoms with Crippen LogP contribution in [0.5, 0.6) is 0 Å². The molecule has 1 aromatic carbocycles. The van der Waals surface area contributed by atoms with Crippen LogP contribution in [-0.4, -0.2) is 14.5 Å². The molecule has 84 valence electrons. The van der Waals surface area contributed by atoms with Gasteiger partial charge in [-0.1, -0.05) is 18.2 Å². The van der Waals surface area contributed by atoms with Crippen LogP contribution in [0.1, 0.15) is 5.56 Å². The van der Waals surface area contributed by atoms with Crippen molar-refractivity contribution in [1.29, 1.82) is 0 Å². The zero-order valence-electron chi connectivity index (χ0n) is 9.34. The lowest BCUT2D eigenvalue weighted by molar-refractivity contribution is 1.04. The number of nitrogens with one attached hydrogen (secondary N) is 1. The lowest BCUT2D eigenvalue weighted by Crippen LogP contribution is -1.94. The second kappa shape index (κ2) is 3.82. The number of benzene rings is 1. The Hall–Kier alpha value is -1.94. The number of pyridine rings is 1. The van der Waals surface area contributed by atoms with Crippen molar-refractivity contribution >= 4 is 23.4 Å². The van der Waals surface area contributed by atoms with Crippen LogP contribution >= 0.6 is 12.2 Å². The van der Waals surface area contributed by atoms with Gasteiger partial charge in [-0.15, -0.1) is 0 Å². The predicted molar refractivity (Wildman–Crippen MR) is 71.0 cm³/mol. The van der Waals surface area contributed by atoms with Crippen molar-refractivity contribution in [2.75, 3.05) is 0 Å². The highest BCUT2D eigenvalue weighted by molar-refractivity contribution is 7.71. The highest BCUT2D eigenvalue weighted by Gasteiger charge is 2.08. The molecule has 0 amide bonds. The molecule has 3 aromatic rings. The molecule has 0 bridgehead atoms. The monoisotopic (exact) mass is 241 g/mol. The highest BCUT2D eigenvalue weighted by Crippen LogP contribution is 2.19. The van der Waals surface area contributed by atoms with E-state index in [1.807, 2.05) is 47.9 Å². The van der Waals surface area contributed by atoms with Gasteiger partial charge in [0.2, 0.25) is 0 Å². The zero-order chi connectivity index (χ0) is 11.8. The number of H-pyrrole nitrogens is 1. The third-order valence-electron chi connectivity index (χ3n) is 2.80. The van der Waals surface area contributed by atoms with E-state index in [4.69, 9.17) is 12.2 Å². The molecule has 1 N–H and O–H groups in total. The maximum absolute atomic E-state index is 5.36. The molecule has 17 heavy (non-hydrogen) atoms.